The van der Waals surface area contributed by atoms with Gasteiger partial charge in [-0.2, -0.15) is 0 Å². The monoisotopic (exact) mass is 684 g/mol. The third-order valence-corrected chi connectivity index (χ3v) is 9.87. The first-order valence-electron chi connectivity index (χ1n) is 17.7. The van der Waals surface area contributed by atoms with E-state index in [1.165, 1.54) is 0 Å². The predicted molar refractivity (Wildman–Crippen MR) is 221 cm³/mol. The van der Waals surface area contributed by atoms with Crippen molar-refractivity contribution in [3.05, 3.63) is 200 Å². The molecule has 9 aromatic rings. The number of nitrogens with two attached hydrogens (primary N) is 1. The van der Waals surface area contributed by atoms with Crippen molar-refractivity contribution in [2.24, 2.45) is 0 Å². The number of aromatic hydroxyl groups is 1. The van der Waals surface area contributed by atoms with Crippen LogP contribution in [-0.2, 0) is 0 Å². The van der Waals surface area contributed by atoms with Gasteiger partial charge in [-0.25, -0.2) is 0 Å². The van der Waals surface area contributed by atoms with Crippen molar-refractivity contribution in [2.75, 3.05) is 15.6 Å². The number of fused-ring (bicyclic) bond motifs is 3. The third kappa shape index (κ3) is 6.00. The molecule has 53 heavy (non-hydrogen) atoms. The Morgan fingerprint density at radius 3 is 1.00 bits per heavy atom. The zero-order valence-electron chi connectivity index (χ0n) is 28.9. The molecule has 1 heterocycles. The van der Waals surface area contributed by atoms with E-state index in [9.17, 15) is 5.11 Å². The molecule has 1 aromatic heterocycles. The van der Waals surface area contributed by atoms with Gasteiger partial charge in [0, 0.05) is 44.9 Å². The Labute approximate surface area is 308 Å². The molecule has 0 bridgehead atoms. The van der Waals surface area contributed by atoms with E-state index in [4.69, 9.17) is 5.84 Å². The maximum atomic E-state index is 9.93. The van der Waals surface area contributed by atoms with Gasteiger partial charge in [0.15, 0.2) is 0 Å². The molecule has 254 valence electrons. The van der Waals surface area contributed by atoms with Crippen LogP contribution < -0.4 is 15.6 Å². The highest BCUT2D eigenvalue weighted by Gasteiger charge is 2.16. The van der Waals surface area contributed by atoms with Crippen molar-refractivity contribution in [1.29, 1.82) is 0 Å². The molecule has 8 aromatic carbocycles. The summed E-state index contributed by atoms with van der Waals surface area (Å²) < 4.78 is 1.79. The summed E-state index contributed by atoms with van der Waals surface area (Å²) in [6, 6.07) is 68.9. The van der Waals surface area contributed by atoms with Gasteiger partial charge in [-0.05, 0) is 131 Å². The highest BCUT2D eigenvalue weighted by molar-refractivity contribution is 6.10. The van der Waals surface area contributed by atoms with Crippen LogP contribution in [-0.4, -0.2) is 9.78 Å². The average Bonchev–Trinajstić information content (AvgIpc) is 3.50. The number of nitrogen functional groups attached to an aromatic ring is 1. The maximum Gasteiger partial charge on any atom is 0.115 e. The number of hydrogen-bond acceptors (Lipinski definition) is 4. The number of aromatic nitrogens is 1. The molecule has 5 heteroatoms. The topological polar surface area (TPSA) is 57.7 Å². The fourth-order valence-corrected chi connectivity index (χ4v) is 7.25. The second-order valence-electron chi connectivity index (χ2n) is 13.1. The molecule has 0 fully saturated rings. The largest absolute Gasteiger partial charge is 0.508 e. The summed E-state index contributed by atoms with van der Waals surface area (Å²) in [5, 5.41) is 12.1. The molecule has 0 atom stereocenters. The Bertz CT molecular complexity index is 2610. The van der Waals surface area contributed by atoms with Gasteiger partial charge < -0.3 is 20.7 Å². The smallest absolute Gasteiger partial charge is 0.115 e. The summed E-state index contributed by atoms with van der Waals surface area (Å²) in [7, 11) is 0. The highest BCUT2D eigenvalue weighted by Crippen LogP contribution is 2.39. The van der Waals surface area contributed by atoms with Crippen LogP contribution in [0.2, 0.25) is 0 Å². The van der Waals surface area contributed by atoms with Crippen molar-refractivity contribution in [3.8, 4) is 28.0 Å². The quantitative estimate of drug-likeness (QED) is 0.156. The minimum Gasteiger partial charge on any atom is -0.508 e. The lowest BCUT2D eigenvalue weighted by Gasteiger charge is -2.25. The number of para-hydroxylation sites is 3. The molecular weight excluding hydrogens is 649 g/mol. The predicted octanol–water partition coefficient (Wildman–Crippen LogP) is 12.5. The number of anilines is 6. The SMILES string of the molecule is Nn1c2ccc(-c3ccc(N(c4ccccc4)c4ccccc4)cc3)cc2c2cc(-c3ccc(N(c4ccccc4)c4ccc(O)cc4)cc3)ccc21. The van der Waals surface area contributed by atoms with E-state index < -0.39 is 0 Å². The molecule has 9 rings (SSSR count). The van der Waals surface area contributed by atoms with Gasteiger partial charge in [-0.3, -0.25) is 4.68 Å². The second-order valence-corrected chi connectivity index (χ2v) is 13.1. The van der Waals surface area contributed by atoms with Crippen LogP contribution >= 0.6 is 0 Å². The van der Waals surface area contributed by atoms with Crippen molar-refractivity contribution in [2.45, 2.75) is 0 Å². The normalized spacial score (nSPS) is 11.2. The Morgan fingerprint density at radius 2 is 0.642 bits per heavy atom. The van der Waals surface area contributed by atoms with Crippen LogP contribution in [0.15, 0.2) is 200 Å². The fourth-order valence-electron chi connectivity index (χ4n) is 7.25. The minimum atomic E-state index is 0.241. The summed E-state index contributed by atoms with van der Waals surface area (Å²) >= 11 is 0. The number of benzene rings is 8. The molecule has 0 aliphatic carbocycles. The zero-order valence-corrected chi connectivity index (χ0v) is 28.9. The molecule has 0 saturated heterocycles. The number of hydrogen-bond donors (Lipinski definition) is 2. The van der Waals surface area contributed by atoms with Crippen molar-refractivity contribution in [1.82, 2.24) is 4.68 Å². The summed E-state index contributed by atoms with van der Waals surface area (Å²) in [5.74, 6) is 6.92. The Morgan fingerprint density at radius 1 is 0.340 bits per heavy atom. The Kier molecular flexibility index (Phi) is 8.06. The molecule has 0 spiro atoms. The lowest BCUT2D eigenvalue weighted by molar-refractivity contribution is 0.475. The number of phenolic OH excluding ortho intramolecular Hbond substituents is 1. The molecule has 0 saturated carbocycles. The van der Waals surface area contributed by atoms with Crippen LogP contribution in [0.3, 0.4) is 0 Å². The van der Waals surface area contributed by atoms with Crippen LogP contribution in [0.5, 0.6) is 5.75 Å². The van der Waals surface area contributed by atoms with Gasteiger partial charge >= 0.3 is 0 Å². The van der Waals surface area contributed by atoms with Crippen LogP contribution in [0, 0.1) is 0 Å². The first-order valence-corrected chi connectivity index (χ1v) is 17.7. The van der Waals surface area contributed by atoms with Gasteiger partial charge in [0.25, 0.3) is 0 Å². The first-order chi connectivity index (χ1) is 26.1. The minimum absolute atomic E-state index is 0.241. The van der Waals surface area contributed by atoms with E-state index in [1.54, 1.807) is 16.8 Å². The average molecular weight is 685 g/mol. The van der Waals surface area contributed by atoms with E-state index in [1.807, 2.05) is 42.5 Å². The molecule has 0 aliphatic rings. The number of nitrogens with zero attached hydrogens (tertiary/aromatic N) is 3. The van der Waals surface area contributed by atoms with Crippen molar-refractivity contribution < 1.29 is 5.11 Å². The molecule has 0 amide bonds. The summed E-state index contributed by atoms with van der Waals surface area (Å²) in [6.07, 6.45) is 0. The highest BCUT2D eigenvalue weighted by atomic mass is 16.3. The zero-order chi connectivity index (χ0) is 35.7. The number of phenols is 1. The van der Waals surface area contributed by atoms with Gasteiger partial charge in [-0.1, -0.05) is 91.0 Å². The standard InChI is InChI=1S/C48H36N4O/c49-52-47-30-20-36(34-16-22-41(23-17-34)50(38-10-4-1-5-11-38)39-12-6-2-7-13-39)32-45(47)46-33-37(21-31-48(46)52)35-18-24-42(25-19-35)51(40-14-8-3-9-15-40)43-26-28-44(53)29-27-43/h1-33,53H,49H2. The number of rotatable bonds is 8. The summed E-state index contributed by atoms with van der Waals surface area (Å²) in [5.41, 5.74) is 12.8. The second kappa shape index (κ2) is 13.5. The molecule has 5 nitrogen and oxygen atoms in total. The van der Waals surface area contributed by atoms with E-state index in [2.05, 4.69) is 155 Å². The van der Waals surface area contributed by atoms with Crippen LogP contribution in [0.4, 0.5) is 34.1 Å². The van der Waals surface area contributed by atoms with Crippen molar-refractivity contribution in [3.63, 3.8) is 0 Å². The van der Waals surface area contributed by atoms with Gasteiger partial charge in [0.1, 0.15) is 5.75 Å². The van der Waals surface area contributed by atoms with E-state index in [0.717, 1.165) is 78.2 Å². The van der Waals surface area contributed by atoms with Gasteiger partial charge in [-0.15, -0.1) is 0 Å². The fraction of sp³-hybridized carbons (Fsp3) is 0. The van der Waals surface area contributed by atoms with Gasteiger partial charge in [0.2, 0.25) is 0 Å². The van der Waals surface area contributed by atoms with Crippen LogP contribution in [0.1, 0.15) is 0 Å². The summed E-state index contributed by atoms with van der Waals surface area (Å²) in [6.45, 7) is 0. The Hall–Kier alpha value is -7.24. The van der Waals surface area contributed by atoms with Gasteiger partial charge in [0.05, 0.1) is 11.0 Å². The molecular formula is C48H36N4O. The molecule has 0 aliphatic heterocycles. The molecule has 0 unspecified atom stereocenters. The first kappa shape index (κ1) is 31.7. The third-order valence-electron chi connectivity index (χ3n) is 9.87. The lowest BCUT2D eigenvalue weighted by atomic mass is 9.99. The van der Waals surface area contributed by atoms with Crippen molar-refractivity contribution >= 4 is 55.9 Å². The molecule has 0 radical (unpaired) electrons. The van der Waals surface area contributed by atoms with E-state index >= 15 is 0 Å². The van der Waals surface area contributed by atoms with E-state index in [0.29, 0.717) is 0 Å². The molecule has 3 N–H and O–H groups in total. The maximum absolute atomic E-state index is 9.93. The van der Waals surface area contributed by atoms with Crippen LogP contribution in [0.25, 0.3) is 44.1 Å². The lowest BCUT2D eigenvalue weighted by Crippen LogP contribution is -2.09. The Balaban J connectivity index is 1.05. The van der Waals surface area contributed by atoms with E-state index in [-0.39, 0.29) is 5.75 Å². The summed E-state index contributed by atoms with van der Waals surface area (Å²) in [4.78, 5) is 4.46.